The van der Waals surface area contributed by atoms with Gasteiger partial charge in [-0.25, -0.2) is 0 Å². The number of methoxy groups -OCH3 is 1. The summed E-state index contributed by atoms with van der Waals surface area (Å²) in [5.41, 5.74) is 4.32. The van der Waals surface area contributed by atoms with Crippen molar-refractivity contribution < 1.29 is 9.53 Å². The summed E-state index contributed by atoms with van der Waals surface area (Å²) in [6.45, 7) is 0. The van der Waals surface area contributed by atoms with Crippen molar-refractivity contribution in [1.29, 1.82) is 0 Å². The van der Waals surface area contributed by atoms with Crippen molar-refractivity contribution in [3.63, 3.8) is 0 Å². The molecule has 5 nitrogen and oxygen atoms in total. The molecule has 0 radical (unpaired) electrons. The third-order valence-corrected chi connectivity index (χ3v) is 5.00. The Morgan fingerprint density at radius 1 is 0.929 bits per heavy atom. The van der Waals surface area contributed by atoms with E-state index >= 15 is 0 Å². The van der Waals surface area contributed by atoms with Gasteiger partial charge in [-0.15, -0.1) is 0 Å². The number of anilines is 3. The number of amides is 1. The minimum absolute atomic E-state index is 0.0551. The van der Waals surface area contributed by atoms with Gasteiger partial charge in [-0.3, -0.25) is 9.69 Å². The Balaban J connectivity index is 1.85. The van der Waals surface area contributed by atoms with Gasteiger partial charge in [-0.1, -0.05) is 36.4 Å². The summed E-state index contributed by atoms with van der Waals surface area (Å²) in [4.78, 5) is 17.3. The lowest BCUT2D eigenvalue weighted by molar-refractivity contribution is 0.0974. The van der Waals surface area contributed by atoms with Crippen LogP contribution in [0.4, 0.5) is 17.1 Å². The number of ether oxygens (including phenoxy) is 1. The second-order valence-corrected chi connectivity index (χ2v) is 6.93. The number of benzene rings is 3. The number of nitrogens with zero attached hydrogens (tertiary/aromatic N) is 2. The van der Waals surface area contributed by atoms with Gasteiger partial charge in [0.25, 0.3) is 5.91 Å². The van der Waals surface area contributed by atoms with Crippen LogP contribution in [0.1, 0.15) is 22.1 Å². The molecule has 28 heavy (non-hydrogen) atoms. The topological polar surface area (TPSA) is 44.8 Å². The van der Waals surface area contributed by atoms with Crippen molar-refractivity contribution in [2.24, 2.45) is 0 Å². The average molecular weight is 373 g/mol. The first-order valence-corrected chi connectivity index (χ1v) is 9.19. The molecule has 3 aromatic rings. The minimum atomic E-state index is -0.338. The molecule has 1 atom stereocenters. The van der Waals surface area contributed by atoms with Gasteiger partial charge in [-0.05, 0) is 42.0 Å². The molecule has 0 fully saturated rings. The van der Waals surface area contributed by atoms with Crippen LogP contribution >= 0.6 is 0 Å². The van der Waals surface area contributed by atoms with Crippen LogP contribution in [0.2, 0.25) is 0 Å². The third kappa shape index (κ3) is 3.05. The quantitative estimate of drug-likeness (QED) is 0.730. The van der Waals surface area contributed by atoms with Gasteiger partial charge in [0.2, 0.25) is 0 Å². The summed E-state index contributed by atoms with van der Waals surface area (Å²) >= 11 is 0. The summed E-state index contributed by atoms with van der Waals surface area (Å²) in [6, 6.07) is 23.4. The van der Waals surface area contributed by atoms with Crippen molar-refractivity contribution in [3.8, 4) is 5.75 Å². The lowest BCUT2D eigenvalue weighted by atomic mass is 10.0. The zero-order valence-electron chi connectivity index (χ0n) is 16.2. The van der Waals surface area contributed by atoms with E-state index in [1.807, 2.05) is 62.6 Å². The largest absolute Gasteiger partial charge is 0.495 e. The first kappa shape index (κ1) is 17.9. The Labute approximate surface area is 165 Å². The number of nitrogens with one attached hydrogen (secondary N) is 1. The normalized spacial score (nSPS) is 15.6. The van der Waals surface area contributed by atoms with E-state index in [9.17, 15) is 4.79 Å². The lowest BCUT2D eigenvalue weighted by Gasteiger charge is -2.38. The number of hydrogen-bond donors (Lipinski definition) is 1. The highest BCUT2D eigenvalue weighted by molar-refractivity contribution is 6.12. The van der Waals surface area contributed by atoms with Crippen LogP contribution in [0.3, 0.4) is 0 Å². The molecule has 0 saturated carbocycles. The van der Waals surface area contributed by atoms with Gasteiger partial charge < -0.3 is 15.0 Å². The van der Waals surface area contributed by atoms with Gasteiger partial charge in [0, 0.05) is 25.5 Å². The fourth-order valence-electron chi connectivity index (χ4n) is 3.52. The van der Waals surface area contributed by atoms with Gasteiger partial charge >= 0.3 is 0 Å². The Bertz CT molecular complexity index is 999. The molecule has 0 saturated heterocycles. The molecule has 5 heteroatoms. The average Bonchev–Trinajstić information content (AvgIpc) is 2.74. The predicted molar refractivity (Wildman–Crippen MR) is 113 cm³/mol. The second kappa shape index (κ2) is 7.27. The molecule has 0 aliphatic carbocycles. The molecule has 0 spiro atoms. The SMILES string of the molecule is COc1ccccc1N1C(=O)c2ccccc2N[C@@H]1c1ccc(N(C)C)cc1. The van der Waals surface area contributed by atoms with Crippen LogP contribution in [-0.2, 0) is 0 Å². The standard InChI is InChI=1S/C23H23N3O2/c1-25(2)17-14-12-16(13-15-17)22-24-19-9-5-4-8-18(19)23(27)26(22)20-10-6-7-11-21(20)28-3/h4-15,22,24H,1-3H3/t22-/m0/s1. The Morgan fingerprint density at radius 2 is 1.61 bits per heavy atom. The van der Waals surface area contributed by atoms with E-state index in [0.717, 1.165) is 22.6 Å². The Hall–Kier alpha value is -3.47. The molecule has 0 unspecified atom stereocenters. The number of fused-ring (bicyclic) bond motifs is 1. The first-order chi connectivity index (χ1) is 13.6. The van der Waals surface area contributed by atoms with Crippen LogP contribution in [0.5, 0.6) is 5.75 Å². The van der Waals surface area contributed by atoms with Crippen LogP contribution in [-0.4, -0.2) is 27.1 Å². The predicted octanol–water partition coefficient (Wildman–Crippen LogP) is 4.53. The number of carbonyl (C=O) groups excluding carboxylic acids is 1. The molecule has 1 heterocycles. The van der Waals surface area contributed by atoms with E-state index in [0.29, 0.717) is 11.3 Å². The summed E-state index contributed by atoms with van der Waals surface area (Å²) in [5, 5.41) is 3.53. The van der Waals surface area contributed by atoms with Gasteiger partial charge in [-0.2, -0.15) is 0 Å². The van der Waals surface area contributed by atoms with Crippen LogP contribution in [0.15, 0.2) is 72.8 Å². The maximum absolute atomic E-state index is 13.5. The molecular weight excluding hydrogens is 350 g/mol. The number of rotatable bonds is 4. The van der Waals surface area contributed by atoms with Crippen molar-refractivity contribution in [2.75, 3.05) is 36.3 Å². The van der Waals surface area contributed by atoms with Gasteiger partial charge in [0.1, 0.15) is 11.9 Å². The fraction of sp³-hybridized carbons (Fsp3) is 0.174. The smallest absolute Gasteiger partial charge is 0.262 e. The van der Waals surface area contributed by atoms with E-state index in [-0.39, 0.29) is 12.1 Å². The molecule has 1 amide bonds. The molecule has 1 aliphatic rings. The summed E-state index contributed by atoms with van der Waals surface area (Å²) < 4.78 is 5.54. The monoisotopic (exact) mass is 373 g/mol. The molecular formula is C23H23N3O2. The van der Waals surface area contributed by atoms with Crippen molar-refractivity contribution in [1.82, 2.24) is 0 Å². The minimum Gasteiger partial charge on any atom is -0.495 e. The van der Waals surface area contributed by atoms with Crippen molar-refractivity contribution in [3.05, 3.63) is 83.9 Å². The highest BCUT2D eigenvalue weighted by Gasteiger charge is 2.35. The molecule has 0 bridgehead atoms. The summed E-state index contributed by atoms with van der Waals surface area (Å²) in [5.74, 6) is 0.604. The maximum Gasteiger partial charge on any atom is 0.262 e. The van der Waals surface area contributed by atoms with E-state index in [2.05, 4.69) is 34.5 Å². The Kier molecular flexibility index (Phi) is 4.65. The Morgan fingerprint density at radius 3 is 2.32 bits per heavy atom. The number of hydrogen-bond acceptors (Lipinski definition) is 4. The third-order valence-electron chi connectivity index (χ3n) is 5.00. The van der Waals surface area contributed by atoms with E-state index in [4.69, 9.17) is 4.74 Å². The highest BCUT2D eigenvalue weighted by atomic mass is 16.5. The lowest BCUT2D eigenvalue weighted by Crippen LogP contribution is -2.43. The molecule has 1 aliphatic heterocycles. The van der Waals surface area contributed by atoms with Crippen molar-refractivity contribution in [2.45, 2.75) is 6.17 Å². The molecule has 0 aromatic heterocycles. The highest BCUT2D eigenvalue weighted by Crippen LogP contribution is 2.40. The summed E-state index contributed by atoms with van der Waals surface area (Å²) in [7, 11) is 5.64. The van der Waals surface area contributed by atoms with Crippen molar-refractivity contribution >= 4 is 23.0 Å². The maximum atomic E-state index is 13.5. The second-order valence-electron chi connectivity index (χ2n) is 6.93. The van der Waals surface area contributed by atoms with Gasteiger partial charge in [0.05, 0.1) is 18.4 Å². The number of para-hydroxylation sites is 3. The van der Waals surface area contributed by atoms with E-state index in [1.54, 1.807) is 12.0 Å². The molecule has 4 rings (SSSR count). The zero-order valence-corrected chi connectivity index (χ0v) is 16.2. The van der Waals surface area contributed by atoms with E-state index in [1.165, 1.54) is 0 Å². The zero-order chi connectivity index (χ0) is 19.7. The molecule has 1 N–H and O–H groups in total. The van der Waals surface area contributed by atoms with Gasteiger partial charge in [0.15, 0.2) is 0 Å². The molecule has 142 valence electrons. The molecule has 3 aromatic carbocycles. The first-order valence-electron chi connectivity index (χ1n) is 9.19. The van der Waals surface area contributed by atoms with E-state index < -0.39 is 0 Å². The fourth-order valence-corrected chi connectivity index (χ4v) is 3.52. The van der Waals surface area contributed by atoms with Crippen LogP contribution in [0.25, 0.3) is 0 Å². The van der Waals surface area contributed by atoms with Crippen LogP contribution < -0.4 is 19.9 Å². The van der Waals surface area contributed by atoms with Crippen LogP contribution in [0, 0.1) is 0 Å². The number of carbonyl (C=O) groups is 1. The summed E-state index contributed by atoms with van der Waals surface area (Å²) in [6.07, 6.45) is -0.338.